The number of methoxy groups -OCH3 is 1. The number of carbonyl (C=O) groups is 1. The first-order chi connectivity index (χ1) is 10.6. The molecule has 0 saturated heterocycles. The Morgan fingerprint density at radius 2 is 2.23 bits per heavy atom. The standard InChI is InChI=1S/C15H25N5O2/c1-11-17-18-13-8-19(9-15(10-22-3)5-4-6-15)12(7-20(11)13)14(21)16-2/h12H,4-10H2,1-3H3,(H,16,21). The Morgan fingerprint density at radius 3 is 2.82 bits per heavy atom. The molecule has 22 heavy (non-hydrogen) atoms. The van der Waals surface area contributed by atoms with Crippen molar-refractivity contribution in [3.63, 3.8) is 0 Å². The molecule has 0 radical (unpaired) electrons. The van der Waals surface area contributed by atoms with E-state index in [-0.39, 0.29) is 17.4 Å². The van der Waals surface area contributed by atoms with E-state index in [9.17, 15) is 4.79 Å². The molecule has 1 atom stereocenters. The minimum absolute atomic E-state index is 0.0608. The van der Waals surface area contributed by atoms with E-state index in [0.717, 1.165) is 24.8 Å². The van der Waals surface area contributed by atoms with Crippen LogP contribution >= 0.6 is 0 Å². The number of aryl methyl sites for hydroxylation is 1. The van der Waals surface area contributed by atoms with Crippen LogP contribution in [-0.4, -0.2) is 58.9 Å². The summed E-state index contributed by atoms with van der Waals surface area (Å²) < 4.78 is 7.48. The summed E-state index contributed by atoms with van der Waals surface area (Å²) in [4.78, 5) is 14.6. The van der Waals surface area contributed by atoms with Gasteiger partial charge in [0.15, 0.2) is 0 Å². The van der Waals surface area contributed by atoms with Gasteiger partial charge in [-0.3, -0.25) is 9.69 Å². The predicted molar refractivity (Wildman–Crippen MR) is 81.2 cm³/mol. The van der Waals surface area contributed by atoms with E-state index in [0.29, 0.717) is 13.1 Å². The molecule has 1 unspecified atom stereocenters. The summed E-state index contributed by atoms with van der Waals surface area (Å²) in [5, 5.41) is 11.2. The summed E-state index contributed by atoms with van der Waals surface area (Å²) in [6, 6.07) is -0.165. The van der Waals surface area contributed by atoms with Crippen molar-refractivity contribution >= 4 is 5.91 Å². The second kappa shape index (κ2) is 5.96. The van der Waals surface area contributed by atoms with Crippen LogP contribution in [0.2, 0.25) is 0 Å². The number of nitrogens with zero attached hydrogens (tertiary/aromatic N) is 4. The van der Waals surface area contributed by atoms with Gasteiger partial charge < -0.3 is 14.6 Å². The summed E-state index contributed by atoms with van der Waals surface area (Å²) in [6.45, 7) is 4.87. The number of carbonyl (C=O) groups excluding carboxylic acids is 1. The van der Waals surface area contributed by atoms with Gasteiger partial charge in [0.2, 0.25) is 5.91 Å². The Labute approximate surface area is 131 Å². The fourth-order valence-corrected chi connectivity index (χ4v) is 3.70. The Balaban J connectivity index is 1.82. The Morgan fingerprint density at radius 1 is 1.45 bits per heavy atom. The van der Waals surface area contributed by atoms with Gasteiger partial charge in [0, 0.05) is 26.1 Å². The number of fused-ring (bicyclic) bond motifs is 1. The van der Waals surface area contributed by atoms with Crippen molar-refractivity contribution in [3.8, 4) is 0 Å². The quantitative estimate of drug-likeness (QED) is 0.849. The molecule has 0 bridgehead atoms. The van der Waals surface area contributed by atoms with Gasteiger partial charge in [0.1, 0.15) is 17.7 Å². The number of hydrogen-bond donors (Lipinski definition) is 1. The van der Waals surface area contributed by atoms with Crippen molar-refractivity contribution in [1.82, 2.24) is 25.0 Å². The normalized spacial score (nSPS) is 23.7. The highest BCUT2D eigenvalue weighted by atomic mass is 16.5. The lowest BCUT2D eigenvalue weighted by Gasteiger charge is -2.47. The van der Waals surface area contributed by atoms with Crippen molar-refractivity contribution < 1.29 is 9.53 Å². The summed E-state index contributed by atoms with van der Waals surface area (Å²) in [7, 11) is 3.45. The summed E-state index contributed by atoms with van der Waals surface area (Å²) in [6.07, 6.45) is 3.59. The van der Waals surface area contributed by atoms with Crippen LogP contribution < -0.4 is 5.32 Å². The number of hydrogen-bond acceptors (Lipinski definition) is 5. The Hall–Kier alpha value is -1.47. The molecule has 1 fully saturated rings. The minimum Gasteiger partial charge on any atom is -0.384 e. The highest BCUT2D eigenvalue weighted by Gasteiger charge is 2.42. The third kappa shape index (κ3) is 2.63. The minimum atomic E-state index is -0.165. The van der Waals surface area contributed by atoms with Gasteiger partial charge in [0.05, 0.1) is 19.7 Å². The van der Waals surface area contributed by atoms with E-state index >= 15 is 0 Å². The topological polar surface area (TPSA) is 72.3 Å². The molecule has 3 rings (SSSR count). The molecule has 7 heteroatoms. The molecule has 1 aliphatic heterocycles. The summed E-state index contributed by atoms with van der Waals surface area (Å²) >= 11 is 0. The molecule has 1 saturated carbocycles. The molecule has 2 heterocycles. The molecular weight excluding hydrogens is 282 g/mol. The monoisotopic (exact) mass is 307 g/mol. The highest BCUT2D eigenvalue weighted by Crippen LogP contribution is 2.42. The van der Waals surface area contributed by atoms with Crippen molar-refractivity contribution in [2.75, 3.05) is 27.3 Å². The zero-order chi connectivity index (χ0) is 15.7. The van der Waals surface area contributed by atoms with E-state index in [2.05, 4.69) is 25.0 Å². The van der Waals surface area contributed by atoms with E-state index in [1.807, 2.05) is 6.92 Å². The van der Waals surface area contributed by atoms with Gasteiger partial charge in [-0.25, -0.2) is 0 Å². The van der Waals surface area contributed by atoms with Gasteiger partial charge in [-0.1, -0.05) is 6.42 Å². The SMILES string of the molecule is CNC(=O)C1Cn2c(C)nnc2CN1CC1(COC)CCC1. The van der Waals surface area contributed by atoms with Crippen molar-refractivity contribution in [1.29, 1.82) is 0 Å². The van der Waals surface area contributed by atoms with Gasteiger partial charge >= 0.3 is 0 Å². The first-order valence-electron chi connectivity index (χ1n) is 7.92. The second-order valence-electron chi connectivity index (χ2n) is 6.60. The number of amides is 1. The maximum atomic E-state index is 12.3. The number of likely N-dealkylation sites (N-methyl/N-ethyl adjacent to an activating group) is 1. The number of nitrogens with one attached hydrogen (secondary N) is 1. The van der Waals surface area contributed by atoms with E-state index in [1.54, 1.807) is 14.2 Å². The molecule has 1 N–H and O–H groups in total. The molecule has 1 amide bonds. The maximum absolute atomic E-state index is 12.3. The van der Waals surface area contributed by atoms with Gasteiger partial charge in [-0.15, -0.1) is 10.2 Å². The largest absolute Gasteiger partial charge is 0.384 e. The van der Waals surface area contributed by atoms with Crippen LogP contribution in [0, 0.1) is 12.3 Å². The summed E-state index contributed by atoms with van der Waals surface area (Å²) in [5.41, 5.74) is 0.193. The third-order valence-electron chi connectivity index (χ3n) is 5.11. The van der Waals surface area contributed by atoms with Gasteiger partial charge in [0.25, 0.3) is 0 Å². The number of rotatable bonds is 5. The lowest BCUT2D eigenvalue weighted by molar-refractivity contribution is -0.129. The van der Waals surface area contributed by atoms with Crippen LogP contribution in [0.1, 0.15) is 30.9 Å². The van der Waals surface area contributed by atoms with Crippen LogP contribution in [-0.2, 0) is 22.6 Å². The third-order valence-corrected chi connectivity index (χ3v) is 5.11. The maximum Gasteiger partial charge on any atom is 0.238 e. The molecule has 2 aliphatic rings. The zero-order valence-electron chi connectivity index (χ0n) is 13.6. The molecular formula is C15H25N5O2. The second-order valence-corrected chi connectivity index (χ2v) is 6.60. The Kier molecular flexibility index (Phi) is 4.18. The smallest absolute Gasteiger partial charge is 0.238 e. The van der Waals surface area contributed by atoms with E-state index in [4.69, 9.17) is 4.74 Å². The predicted octanol–water partition coefficient (Wildman–Crippen LogP) is 0.333. The number of ether oxygens (including phenoxy) is 1. The van der Waals surface area contributed by atoms with Crippen LogP contribution in [0.15, 0.2) is 0 Å². The van der Waals surface area contributed by atoms with E-state index < -0.39 is 0 Å². The molecule has 0 spiro atoms. The fraction of sp³-hybridized carbons (Fsp3) is 0.800. The lowest BCUT2D eigenvalue weighted by atomic mass is 9.68. The van der Waals surface area contributed by atoms with Crippen LogP contribution in [0.4, 0.5) is 0 Å². The average molecular weight is 307 g/mol. The van der Waals surface area contributed by atoms with Crippen LogP contribution in [0.3, 0.4) is 0 Å². The lowest BCUT2D eigenvalue weighted by Crippen LogP contribution is -2.56. The van der Waals surface area contributed by atoms with Crippen LogP contribution in [0.25, 0.3) is 0 Å². The number of aromatic nitrogens is 3. The first kappa shape index (κ1) is 15.4. The van der Waals surface area contributed by atoms with Crippen LogP contribution in [0.5, 0.6) is 0 Å². The molecule has 1 aromatic heterocycles. The molecule has 1 aromatic rings. The van der Waals surface area contributed by atoms with E-state index in [1.165, 1.54) is 19.3 Å². The van der Waals surface area contributed by atoms with Crippen molar-refractivity contribution in [2.45, 2.75) is 45.3 Å². The van der Waals surface area contributed by atoms with Crippen molar-refractivity contribution in [3.05, 3.63) is 11.6 Å². The summed E-state index contributed by atoms with van der Waals surface area (Å²) in [5.74, 6) is 1.88. The highest BCUT2D eigenvalue weighted by molar-refractivity contribution is 5.81. The zero-order valence-corrected chi connectivity index (χ0v) is 13.6. The molecule has 7 nitrogen and oxygen atoms in total. The molecule has 122 valence electrons. The van der Waals surface area contributed by atoms with Gasteiger partial charge in [-0.2, -0.15) is 0 Å². The van der Waals surface area contributed by atoms with Crippen molar-refractivity contribution in [2.24, 2.45) is 5.41 Å². The van der Waals surface area contributed by atoms with Gasteiger partial charge in [-0.05, 0) is 19.8 Å². The molecule has 1 aliphatic carbocycles. The molecule has 0 aromatic carbocycles. The first-order valence-corrected chi connectivity index (χ1v) is 7.92. The fourth-order valence-electron chi connectivity index (χ4n) is 3.70. The Bertz CT molecular complexity index is 552. The average Bonchev–Trinajstić information content (AvgIpc) is 2.84.